The van der Waals surface area contributed by atoms with Crippen molar-refractivity contribution in [2.45, 2.75) is 6.54 Å². The fourth-order valence-corrected chi connectivity index (χ4v) is 1.61. The third-order valence-corrected chi connectivity index (χ3v) is 2.64. The van der Waals surface area contributed by atoms with Gasteiger partial charge in [-0.2, -0.15) is 0 Å². The van der Waals surface area contributed by atoms with E-state index in [1.54, 1.807) is 23.0 Å². The highest BCUT2D eigenvalue weighted by atomic mass is 16.5. The first-order valence-corrected chi connectivity index (χ1v) is 6.26. The Hall–Kier alpha value is -2.41. The minimum absolute atomic E-state index is 0.253. The van der Waals surface area contributed by atoms with Gasteiger partial charge in [0, 0.05) is 19.3 Å². The second kappa shape index (κ2) is 7.25. The number of hydrogen-bond acceptors (Lipinski definition) is 5. The molecule has 0 atom stereocenters. The molecule has 106 valence electrons. The first-order chi connectivity index (χ1) is 9.75. The molecule has 7 nitrogen and oxygen atoms in total. The third-order valence-electron chi connectivity index (χ3n) is 2.64. The van der Waals surface area contributed by atoms with Crippen molar-refractivity contribution in [1.29, 1.82) is 0 Å². The molecule has 1 aromatic carbocycles. The summed E-state index contributed by atoms with van der Waals surface area (Å²) in [5.41, 5.74) is 0.253. The summed E-state index contributed by atoms with van der Waals surface area (Å²) in [5.74, 6) is -0.278. The molecule has 0 spiro atoms. The number of rotatable bonds is 8. The van der Waals surface area contributed by atoms with Crippen molar-refractivity contribution < 1.29 is 14.6 Å². The molecule has 0 amide bonds. The summed E-state index contributed by atoms with van der Waals surface area (Å²) in [6, 6.07) is 6.35. The number of aromatic carboxylic acids is 1. The van der Waals surface area contributed by atoms with Crippen LogP contribution in [0.5, 0.6) is 5.75 Å². The summed E-state index contributed by atoms with van der Waals surface area (Å²) >= 11 is 0. The Balaban J connectivity index is 1.59. The maximum Gasteiger partial charge on any atom is 0.335 e. The molecule has 0 aliphatic rings. The van der Waals surface area contributed by atoms with Crippen LogP contribution in [0.25, 0.3) is 0 Å². The lowest BCUT2D eigenvalue weighted by Crippen LogP contribution is -2.25. The molecule has 1 heterocycles. The molecule has 0 radical (unpaired) electrons. The van der Waals surface area contributed by atoms with E-state index in [9.17, 15) is 4.79 Å². The van der Waals surface area contributed by atoms with Gasteiger partial charge >= 0.3 is 5.97 Å². The van der Waals surface area contributed by atoms with Gasteiger partial charge in [-0.05, 0) is 24.3 Å². The smallest absolute Gasteiger partial charge is 0.335 e. The van der Waals surface area contributed by atoms with Gasteiger partial charge in [-0.3, -0.25) is 4.68 Å². The molecule has 0 aliphatic heterocycles. The summed E-state index contributed by atoms with van der Waals surface area (Å²) in [4.78, 5) is 10.7. The molecule has 0 saturated carbocycles. The number of nitrogens with zero attached hydrogens (tertiary/aromatic N) is 3. The van der Waals surface area contributed by atoms with Crippen LogP contribution >= 0.6 is 0 Å². The van der Waals surface area contributed by atoms with Crippen molar-refractivity contribution >= 4 is 5.97 Å². The monoisotopic (exact) mass is 276 g/mol. The first-order valence-electron chi connectivity index (χ1n) is 6.26. The van der Waals surface area contributed by atoms with E-state index in [0.717, 1.165) is 13.1 Å². The van der Waals surface area contributed by atoms with E-state index >= 15 is 0 Å². The van der Waals surface area contributed by atoms with Crippen LogP contribution in [0.15, 0.2) is 36.7 Å². The van der Waals surface area contributed by atoms with Crippen molar-refractivity contribution in [1.82, 2.24) is 20.3 Å². The van der Waals surface area contributed by atoms with Crippen LogP contribution in [0, 0.1) is 0 Å². The maximum absolute atomic E-state index is 10.7. The van der Waals surface area contributed by atoms with Gasteiger partial charge in [-0.25, -0.2) is 4.79 Å². The molecule has 0 aliphatic carbocycles. The molecule has 20 heavy (non-hydrogen) atoms. The molecular formula is C13H16N4O3. The highest BCUT2D eigenvalue weighted by molar-refractivity contribution is 5.87. The number of nitrogens with one attached hydrogen (secondary N) is 1. The lowest BCUT2D eigenvalue weighted by atomic mass is 10.2. The van der Waals surface area contributed by atoms with Crippen LogP contribution < -0.4 is 10.1 Å². The van der Waals surface area contributed by atoms with Gasteiger partial charge in [-0.15, -0.1) is 5.10 Å². The molecule has 0 unspecified atom stereocenters. The summed E-state index contributed by atoms with van der Waals surface area (Å²) < 4.78 is 7.24. The van der Waals surface area contributed by atoms with E-state index in [4.69, 9.17) is 9.84 Å². The average molecular weight is 276 g/mol. The lowest BCUT2D eigenvalue weighted by molar-refractivity contribution is 0.0697. The van der Waals surface area contributed by atoms with Crippen molar-refractivity contribution in [2.75, 3.05) is 19.7 Å². The minimum atomic E-state index is -0.939. The van der Waals surface area contributed by atoms with Crippen molar-refractivity contribution in [3.05, 3.63) is 42.2 Å². The number of aromatic nitrogens is 3. The fourth-order valence-electron chi connectivity index (χ4n) is 1.61. The van der Waals surface area contributed by atoms with Gasteiger partial charge in [0.1, 0.15) is 12.4 Å². The predicted octanol–water partition coefficient (Wildman–Crippen LogP) is 0.645. The zero-order valence-corrected chi connectivity index (χ0v) is 10.9. The summed E-state index contributed by atoms with van der Waals surface area (Å²) in [6.07, 6.45) is 3.45. The number of ether oxygens (including phenoxy) is 1. The highest BCUT2D eigenvalue weighted by Gasteiger charge is 2.01. The van der Waals surface area contributed by atoms with Crippen molar-refractivity contribution in [3.63, 3.8) is 0 Å². The molecule has 2 rings (SSSR count). The molecule has 1 aromatic heterocycles. The first kappa shape index (κ1) is 14.0. The standard InChI is InChI=1S/C13H16N4O3/c18-13(19)11-1-3-12(4-2-11)20-10-7-14-5-8-17-9-6-15-16-17/h1-4,6,9,14H,5,7-8,10H2,(H,18,19). The van der Waals surface area contributed by atoms with Gasteiger partial charge in [0.25, 0.3) is 0 Å². The van der Waals surface area contributed by atoms with Gasteiger partial charge in [-0.1, -0.05) is 5.21 Å². The Morgan fingerprint density at radius 1 is 1.30 bits per heavy atom. The topological polar surface area (TPSA) is 89.3 Å². The van der Waals surface area contributed by atoms with E-state index in [0.29, 0.717) is 18.9 Å². The van der Waals surface area contributed by atoms with Crippen LogP contribution in [0.3, 0.4) is 0 Å². The number of carboxylic acid groups (broad SMARTS) is 1. The number of benzene rings is 1. The summed E-state index contributed by atoms with van der Waals surface area (Å²) in [5, 5.41) is 19.5. The zero-order valence-electron chi connectivity index (χ0n) is 10.9. The fraction of sp³-hybridized carbons (Fsp3) is 0.308. The van der Waals surface area contributed by atoms with Gasteiger partial charge in [0.15, 0.2) is 0 Å². The van der Waals surface area contributed by atoms with Crippen molar-refractivity contribution in [3.8, 4) is 5.75 Å². The highest BCUT2D eigenvalue weighted by Crippen LogP contribution is 2.11. The van der Waals surface area contributed by atoms with Crippen LogP contribution in [-0.2, 0) is 6.54 Å². The molecule has 7 heteroatoms. The van der Waals surface area contributed by atoms with Crippen LogP contribution in [-0.4, -0.2) is 45.8 Å². The summed E-state index contributed by atoms with van der Waals surface area (Å²) in [7, 11) is 0. The second-order valence-corrected chi connectivity index (χ2v) is 4.09. The van der Waals surface area contributed by atoms with Gasteiger partial charge < -0.3 is 15.2 Å². The molecule has 2 N–H and O–H groups in total. The molecule has 0 fully saturated rings. The lowest BCUT2D eigenvalue weighted by Gasteiger charge is -2.07. The SMILES string of the molecule is O=C(O)c1ccc(OCCNCCn2ccnn2)cc1. The number of carbonyl (C=O) groups is 1. The predicted molar refractivity (Wildman–Crippen MR) is 71.8 cm³/mol. The second-order valence-electron chi connectivity index (χ2n) is 4.09. The van der Waals surface area contributed by atoms with E-state index in [2.05, 4.69) is 15.6 Å². The van der Waals surface area contributed by atoms with Crippen LogP contribution in [0.4, 0.5) is 0 Å². The molecule has 0 bridgehead atoms. The van der Waals surface area contributed by atoms with Gasteiger partial charge in [0.05, 0.1) is 18.3 Å². The number of carboxylic acids is 1. The Morgan fingerprint density at radius 3 is 2.75 bits per heavy atom. The maximum atomic E-state index is 10.7. The van der Waals surface area contributed by atoms with E-state index < -0.39 is 5.97 Å². The van der Waals surface area contributed by atoms with Gasteiger partial charge in [0.2, 0.25) is 0 Å². The Labute approximate surface area is 116 Å². The largest absolute Gasteiger partial charge is 0.492 e. The number of hydrogen-bond donors (Lipinski definition) is 2. The van der Waals surface area contributed by atoms with E-state index in [-0.39, 0.29) is 5.56 Å². The molecule has 0 saturated heterocycles. The average Bonchev–Trinajstić information content (AvgIpc) is 2.96. The Morgan fingerprint density at radius 2 is 2.10 bits per heavy atom. The normalized spacial score (nSPS) is 10.4. The van der Waals surface area contributed by atoms with Crippen molar-refractivity contribution in [2.24, 2.45) is 0 Å². The van der Waals surface area contributed by atoms with E-state index in [1.807, 2.05) is 6.20 Å². The quantitative estimate of drug-likeness (QED) is 0.688. The summed E-state index contributed by atoms with van der Waals surface area (Å²) in [6.45, 7) is 2.76. The third kappa shape index (κ3) is 4.36. The Bertz CT molecular complexity index is 525. The zero-order chi connectivity index (χ0) is 14.2. The minimum Gasteiger partial charge on any atom is -0.492 e. The van der Waals surface area contributed by atoms with Crippen LogP contribution in [0.1, 0.15) is 10.4 Å². The molecule has 2 aromatic rings. The molecular weight excluding hydrogens is 260 g/mol. The Kier molecular flexibility index (Phi) is 5.08. The van der Waals surface area contributed by atoms with Crippen LogP contribution in [0.2, 0.25) is 0 Å². The van der Waals surface area contributed by atoms with E-state index in [1.165, 1.54) is 12.1 Å².